The number of halogens is 2. The van der Waals surface area contributed by atoms with Crippen molar-refractivity contribution in [3.05, 3.63) is 34.1 Å². The molecule has 4 unspecified atom stereocenters. The molecule has 19 heavy (non-hydrogen) atoms. The first kappa shape index (κ1) is 15.0. The zero-order valence-electron chi connectivity index (χ0n) is 11.9. The molecule has 0 heterocycles. The standard InChI is InChI=1S/C16H23BrFN/c1-10-4-7-16(11(2)8-10)19-12(3)14-9-13(17)5-6-15(14)18/h5-6,9-12,16,19H,4,7-8H2,1-3H3. The quantitative estimate of drug-likeness (QED) is 0.817. The fraction of sp³-hybridized carbons (Fsp3) is 0.625. The topological polar surface area (TPSA) is 12.0 Å². The highest BCUT2D eigenvalue weighted by Crippen LogP contribution is 2.31. The van der Waals surface area contributed by atoms with Crippen LogP contribution in [0.15, 0.2) is 22.7 Å². The van der Waals surface area contributed by atoms with Crippen LogP contribution in [0.2, 0.25) is 0 Å². The van der Waals surface area contributed by atoms with Crippen LogP contribution in [0.1, 0.15) is 51.6 Å². The van der Waals surface area contributed by atoms with E-state index in [-0.39, 0.29) is 11.9 Å². The fourth-order valence-electron chi connectivity index (χ4n) is 3.17. The zero-order chi connectivity index (χ0) is 14.0. The molecular formula is C16H23BrFN. The average molecular weight is 328 g/mol. The SMILES string of the molecule is CC1CCC(NC(C)c2cc(Br)ccc2F)C(C)C1. The van der Waals surface area contributed by atoms with Crippen molar-refractivity contribution < 1.29 is 4.39 Å². The van der Waals surface area contributed by atoms with Gasteiger partial charge in [-0.2, -0.15) is 0 Å². The highest BCUT2D eigenvalue weighted by Gasteiger charge is 2.26. The molecule has 0 aromatic heterocycles. The summed E-state index contributed by atoms with van der Waals surface area (Å²) in [6.45, 7) is 6.68. The summed E-state index contributed by atoms with van der Waals surface area (Å²) in [6, 6.07) is 5.71. The highest BCUT2D eigenvalue weighted by molar-refractivity contribution is 9.10. The van der Waals surface area contributed by atoms with E-state index in [9.17, 15) is 4.39 Å². The zero-order valence-corrected chi connectivity index (χ0v) is 13.5. The van der Waals surface area contributed by atoms with E-state index >= 15 is 0 Å². The molecule has 0 aliphatic heterocycles. The molecule has 1 aliphatic carbocycles. The highest BCUT2D eigenvalue weighted by atomic mass is 79.9. The van der Waals surface area contributed by atoms with Crippen molar-refractivity contribution in [1.82, 2.24) is 5.32 Å². The smallest absolute Gasteiger partial charge is 0.128 e. The van der Waals surface area contributed by atoms with Crippen molar-refractivity contribution in [1.29, 1.82) is 0 Å². The van der Waals surface area contributed by atoms with Gasteiger partial charge in [-0.3, -0.25) is 0 Å². The largest absolute Gasteiger partial charge is 0.307 e. The van der Waals surface area contributed by atoms with Crippen LogP contribution in [-0.2, 0) is 0 Å². The summed E-state index contributed by atoms with van der Waals surface area (Å²) < 4.78 is 14.8. The van der Waals surface area contributed by atoms with Crippen LogP contribution in [-0.4, -0.2) is 6.04 Å². The van der Waals surface area contributed by atoms with E-state index in [0.29, 0.717) is 12.0 Å². The third-order valence-electron chi connectivity index (χ3n) is 4.32. The van der Waals surface area contributed by atoms with E-state index in [1.165, 1.54) is 25.3 Å². The fourth-order valence-corrected chi connectivity index (χ4v) is 3.55. The second-order valence-corrected chi connectivity index (χ2v) is 6.97. The predicted octanol–water partition coefficient (Wildman–Crippen LogP) is 5.06. The minimum Gasteiger partial charge on any atom is -0.307 e. The molecule has 1 aromatic rings. The Morgan fingerprint density at radius 1 is 1.32 bits per heavy atom. The van der Waals surface area contributed by atoms with E-state index in [1.54, 1.807) is 6.07 Å². The third kappa shape index (κ3) is 3.79. The summed E-state index contributed by atoms with van der Waals surface area (Å²) in [6.07, 6.45) is 3.74. The Bertz CT molecular complexity index is 435. The predicted molar refractivity (Wildman–Crippen MR) is 81.6 cm³/mol. The van der Waals surface area contributed by atoms with Gasteiger partial charge in [0.05, 0.1) is 0 Å². The van der Waals surface area contributed by atoms with Crippen molar-refractivity contribution in [3.63, 3.8) is 0 Å². The third-order valence-corrected chi connectivity index (χ3v) is 4.81. The number of benzene rings is 1. The number of nitrogens with one attached hydrogen (secondary N) is 1. The molecule has 1 fully saturated rings. The summed E-state index contributed by atoms with van der Waals surface area (Å²) in [5.74, 6) is 1.37. The summed E-state index contributed by atoms with van der Waals surface area (Å²) in [5, 5.41) is 3.61. The van der Waals surface area contributed by atoms with Gasteiger partial charge in [-0.25, -0.2) is 4.39 Å². The van der Waals surface area contributed by atoms with Crippen LogP contribution >= 0.6 is 15.9 Å². The van der Waals surface area contributed by atoms with Gasteiger partial charge in [-0.15, -0.1) is 0 Å². The summed E-state index contributed by atoms with van der Waals surface area (Å²) in [4.78, 5) is 0. The molecule has 0 radical (unpaired) electrons. The molecule has 0 spiro atoms. The van der Waals surface area contributed by atoms with Crippen LogP contribution < -0.4 is 5.32 Å². The summed E-state index contributed by atoms with van der Waals surface area (Å²) >= 11 is 3.42. The lowest BCUT2D eigenvalue weighted by Crippen LogP contribution is -2.40. The van der Waals surface area contributed by atoms with Crippen LogP contribution in [0.3, 0.4) is 0 Å². The number of rotatable bonds is 3. The average Bonchev–Trinajstić information content (AvgIpc) is 2.35. The van der Waals surface area contributed by atoms with Gasteiger partial charge in [0.2, 0.25) is 0 Å². The van der Waals surface area contributed by atoms with Crippen LogP contribution in [0, 0.1) is 17.7 Å². The van der Waals surface area contributed by atoms with Gasteiger partial charge in [0, 0.05) is 22.1 Å². The van der Waals surface area contributed by atoms with Crippen LogP contribution in [0.25, 0.3) is 0 Å². The molecule has 0 saturated heterocycles. The van der Waals surface area contributed by atoms with Gasteiger partial charge in [-0.1, -0.05) is 29.8 Å². The molecule has 1 N–H and O–H groups in total. The van der Waals surface area contributed by atoms with Crippen LogP contribution in [0.4, 0.5) is 4.39 Å². The van der Waals surface area contributed by atoms with Crippen molar-refractivity contribution in [2.75, 3.05) is 0 Å². The molecule has 0 bridgehead atoms. The molecule has 106 valence electrons. The first-order chi connectivity index (χ1) is 8.97. The lowest BCUT2D eigenvalue weighted by Gasteiger charge is -2.35. The second-order valence-electron chi connectivity index (χ2n) is 6.06. The van der Waals surface area contributed by atoms with Crippen molar-refractivity contribution in [3.8, 4) is 0 Å². The minimum absolute atomic E-state index is 0.0540. The Morgan fingerprint density at radius 3 is 2.74 bits per heavy atom. The van der Waals surface area contributed by atoms with Gasteiger partial charge in [0.25, 0.3) is 0 Å². The summed E-state index contributed by atoms with van der Waals surface area (Å²) in [5.41, 5.74) is 0.750. The molecule has 1 aliphatic rings. The first-order valence-electron chi connectivity index (χ1n) is 7.18. The molecular weight excluding hydrogens is 305 g/mol. The summed E-state index contributed by atoms with van der Waals surface area (Å²) in [7, 11) is 0. The van der Waals surface area contributed by atoms with Crippen molar-refractivity contribution in [2.24, 2.45) is 11.8 Å². The van der Waals surface area contributed by atoms with Crippen molar-refractivity contribution >= 4 is 15.9 Å². The van der Waals surface area contributed by atoms with E-state index in [2.05, 4.69) is 42.0 Å². The van der Waals surface area contributed by atoms with Gasteiger partial charge < -0.3 is 5.32 Å². The Kier molecular flexibility index (Phi) is 5.02. The van der Waals surface area contributed by atoms with Gasteiger partial charge in [-0.05, 0) is 56.2 Å². The van der Waals surface area contributed by atoms with Gasteiger partial charge >= 0.3 is 0 Å². The molecule has 4 atom stereocenters. The van der Waals surface area contributed by atoms with Crippen molar-refractivity contribution in [2.45, 2.75) is 52.1 Å². The monoisotopic (exact) mass is 327 g/mol. The Balaban J connectivity index is 2.04. The van der Waals surface area contributed by atoms with E-state index in [1.807, 2.05) is 6.07 Å². The second kappa shape index (κ2) is 6.36. The number of hydrogen-bond acceptors (Lipinski definition) is 1. The number of hydrogen-bond donors (Lipinski definition) is 1. The maximum atomic E-state index is 13.9. The van der Waals surface area contributed by atoms with Gasteiger partial charge in [0.1, 0.15) is 5.82 Å². The molecule has 1 nitrogen and oxygen atoms in total. The molecule has 2 rings (SSSR count). The Morgan fingerprint density at radius 2 is 2.05 bits per heavy atom. The lowest BCUT2D eigenvalue weighted by atomic mass is 9.79. The maximum absolute atomic E-state index is 13.9. The lowest BCUT2D eigenvalue weighted by molar-refractivity contribution is 0.215. The minimum atomic E-state index is -0.125. The molecule has 0 amide bonds. The Hall–Kier alpha value is -0.410. The molecule has 1 aromatic carbocycles. The molecule has 1 saturated carbocycles. The van der Waals surface area contributed by atoms with E-state index < -0.39 is 0 Å². The Labute approximate surface area is 124 Å². The van der Waals surface area contributed by atoms with E-state index in [4.69, 9.17) is 0 Å². The van der Waals surface area contributed by atoms with Crippen LogP contribution in [0.5, 0.6) is 0 Å². The normalized spacial score (nSPS) is 29.2. The first-order valence-corrected chi connectivity index (χ1v) is 7.97. The van der Waals surface area contributed by atoms with E-state index in [0.717, 1.165) is 16.0 Å². The van der Waals surface area contributed by atoms with Gasteiger partial charge in [0.15, 0.2) is 0 Å². The maximum Gasteiger partial charge on any atom is 0.128 e. The molecule has 3 heteroatoms.